The molecule has 22 heavy (non-hydrogen) atoms. The van der Waals surface area contributed by atoms with Gasteiger partial charge in [0.25, 0.3) is 0 Å². The molecular formula is C15H13N3O2S2. The van der Waals surface area contributed by atoms with Gasteiger partial charge in [-0.2, -0.15) is 5.10 Å². The van der Waals surface area contributed by atoms with Gasteiger partial charge < -0.3 is 10.2 Å². The highest BCUT2D eigenvalue weighted by atomic mass is 32.1. The molecule has 2 aromatic heterocycles. The molecule has 0 aliphatic carbocycles. The number of hydrogen-bond donors (Lipinski definition) is 2. The maximum Gasteiger partial charge on any atom is 0.205 e. The van der Waals surface area contributed by atoms with Crippen molar-refractivity contribution >= 4 is 28.9 Å². The fourth-order valence-corrected chi connectivity index (χ4v) is 3.50. The summed E-state index contributed by atoms with van der Waals surface area (Å²) >= 11 is 3.15. The molecule has 5 nitrogen and oxygen atoms in total. The standard InChI is InChI=1S/C15H13N3O2S2/c1-16-15-18(11(9-22-15)14-3-2-6-21-14)17-8-10-4-5-12(19)13(20)7-10/h2-9,19-20H,1H3. The lowest BCUT2D eigenvalue weighted by Gasteiger charge is -2.01. The smallest absolute Gasteiger partial charge is 0.205 e. The Hall–Kier alpha value is -2.38. The van der Waals surface area contributed by atoms with Gasteiger partial charge in [-0.15, -0.1) is 22.7 Å². The Balaban J connectivity index is 2.03. The molecular weight excluding hydrogens is 318 g/mol. The molecule has 0 saturated carbocycles. The van der Waals surface area contributed by atoms with Gasteiger partial charge in [-0.05, 0) is 35.2 Å². The summed E-state index contributed by atoms with van der Waals surface area (Å²) in [5.74, 6) is -0.318. The van der Waals surface area contributed by atoms with Gasteiger partial charge in [0.05, 0.1) is 16.8 Å². The Kier molecular flexibility index (Phi) is 4.08. The van der Waals surface area contributed by atoms with Crippen molar-refractivity contribution in [3.05, 3.63) is 51.5 Å². The molecule has 0 bridgehead atoms. The third kappa shape index (κ3) is 2.81. The van der Waals surface area contributed by atoms with Crippen LogP contribution in [0.4, 0.5) is 0 Å². The number of rotatable bonds is 3. The number of aromatic nitrogens is 1. The maximum atomic E-state index is 9.53. The number of aromatic hydroxyl groups is 2. The van der Waals surface area contributed by atoms with Crippen LogP contribution in [0, 0.1) is 0 Å². The van der Waals surface area contributed by atoms with E-state index in [1.165, 1.54) is 23.5 Å². The van der Waals surface area contributed by atoms with E-state index in [9.17, 15) is 10.2 Å². The number of phenolic OH excluding ortho intramolecular Hbond substituents is 2. The molecule has 2 N–H and O–H groups in total. The van der Waals surface area contributed by atoms with Gasteiger partial charge in [0.1, 0.15) is 0 Å². The van der Waals surface area contributed by atoms with E-state index in [0.717, 1.165) is 15.4 Å². The van der Waals surface area contributed by atoms with E-state index in [0.29, 0.717) is 5.56 Å². The first-order valence-corrected chi connectivity index (χ1v) is 8.18. The SMILES string of the molecule is CN=c1scc(-c2cccs2)n1N=Cc1ccc(O)c(O)c1. The van der Waals surface area contributed by atoms with E-state index in [1.54, 1.807) is 35.3 Å². The van der Waals surface area contributed by atoms with Crippen molar-refractivity contribution in [2.24, 2.45) is 10.1 Å². The minimum absolute atomic E-state index is 0.149. The predicted molar refractivity (Wildman–Crippen MR) is 89.9 cm³/mol. The van der Waals surface area contributed by atoms with Crippen molar-refractivity contribution in [2.45, 2.75) is 0 Å². The second kappa shape index (κ2) is 6.17. The van der Waals surface area contributed by atoms with E-state index in [-0.39, 0.29) is 11.5 Å². The Bertz CT molecular complexity index is 877. The monoisotopic (exact) mass is 331 g/mol. The molecule has 2 heterocycles. The van der Waals surface area contributed by atoms with Crippen LogP contribution in [0.25, 0.3) is 10.6 Å². The summed E-state index contributed by atoms with van der Waals surface area (Å²) in [6.07, 6.45) is 1.62. The first-order chi connectivity index (χ1) is 10.7. The van der Waals surface area contributed by atoms with E-state index >= 15 is 0 Å². The maximum absolute atomic E-state index is 9.53. The highest BCUT2D eigenvalue weighted by molar-refractivity contribution is 7.14. The lowest BCUT2D eigenvalue weighted by molar-refractivity contribution is 0.403. The third-order valence-electron chi connectivity index (χ3n) is 2.97. The van der Waals surface area contributed by atoms with Crippen LogP contribution in [0.15, 0.2) is 51.2 Å². The fraction of sp³-hybridized carbons (Fsp3) is 0.0667. The first-order valence-electron chi connectivity index (χ1n) is 6.42. The molecule has 3 rings (SSSR count). The number of hydrogen-bond acceptors (Lipinski definition) is 6. The van der Waals surface area contributed by atoms with Crippen molar-refractivity contribution in [3.8, 4) is 22.1 Å². The molecule has 0 amide bonds. The van der Waals surface area contributed by atoms with Crippen LogP contribution in [-0.4, -0.2) is 28.2 Å². The van der Waals surface area contributed by atoms with E-state index < -0.39 is 0 Å². The summed E-state index contributed by atoms with van der Waals surface area (Å²) in [5, 5.41) is 27.4. The van der Waals surface area contributed by atoms with Gasteiger partial charge in [-0.3, -0.25) is 4.99 Å². The molecule has 7 heteroatoms. The Morgan fingerprint density at radius 3 is 2.68 bits per heavy atom. The van der Waals surface area contributed by atoms with Gasteiger partial charge in [0.2, 0.25) is 4.80 Å². The quantitative estimate of drug-likeness (QED) is 0.572. The molecule has 0 atom stereocenters. The van der Waals surface area contributed by atoms with Crippen molar-refractivity contribution < 1.29 is 10.2 Å². The minimum atomic E-state index is -0.168. The second-order valence-electron chi connectivity index (χ2n) is 4.41. The first kappa shape index (κ1) is 14.6. The van der Waals surface area contributed by atoms with Crippen molar-refractivity contribution in [1.82, 2.24) is 4.68 Å². The number of phenols is 2. The van der Waals surface area contributed by atoms with Crippen molar-refractivity contribution in [2.75, 3.05) is 7.05 Å². The van der Waals surface area contributed by atoms with Gasteiger partial charge in [0.15, 0.2) is 11.5 Å². The van der Waals surface area contributed by atoms with Gasteiger partial charge >= 0.3 is 0 Å². The van der Waals surface area contributed by atoms with Crippen molar-refractivity contribution in [1.29, 1.82) is 0 Å². The number of nitrogens with zero attached hydrogens (tertiary/aromatic N) is 3. The highest BCUT2D eigenvalue weighted by Crippen LogP contribution is 2.26. The van der Waals surface area contributed by atoms with Crippen LogP contribution in [0.5, 0.6) is 11.5 Å². The zero-order valence-electron chi connectivity index (χ0n) is 11.7. The van der Waals surface area contributed by atoms with Crippen LogP contribution in [-0.2, 0) is 0 Å². The summed E-state index contributed by atoms with van der Waals surface area (Å²) in [5.41, 5.74) is 1.66. The summed E-state index contributed by atoms with van der Waals surface area (Å²) in [7, 11) is 1.72. The van der Waals surface area contributed by atoms with Gasteiger partial charge in [-0.25, -0.2) is 4.68 Å². The molecule has 1 aromatic carbocycles. The van der Waals surface area contributed by atoms with Crippen LogP contribution >= 0.6 is 22.7 Å². The lowest BCUT2D eigenvalue weighted by atomic mass is 10.2. The largest absolute Gasteiger partial charge is 0.504 e. The average Bonchev–Trinajstić information content (AvgIpc) is 3.16. The molecule has 0 spiro atoms. The molecule has 3 aromatic rings. The van der Waals surface area contributed by atoms with E-state index in [1.807, 2.05) is 22.9 Å². The Labute approximate surface area is 134 Å². The van der Waals surface area contributed by atoms with E-state index in [4.69, 9.17) is 0 Å². The zero-order valence-corrected chi connectivity index (χ0v) is 13.3. The number of thiazole rings is 1. The second-order valence-corrected chi connectivity index (χ2v) is 6.19. The molecule has 112 valence electrons. The van der Waals surface area contributed by atoms with Gasteiger partial charge in [0, 0.05) is 12.4 Å². The fourth-order valence-electron chi connectivity index (χ4n) is 1.90. The molecule has 0 aliphatic heterocycles. The minimum Gasteiger partial charge on any atom is -0.504 e. The zero-order chi connectivity index (χ0) is 15.5. The van der Waals surface area contributed by atoms with Crippen LogP contribution in [0.2, 0.25) is 0 Å². The molecule has 0 fully saturated rings. The third-order valence-corrected chi connectivity index (χ3v) is 4.77. The van der Waals surface area contributed by atoms with Crippen LogP contribution in [0.3, 0.4) is 0 Å². The normalized spacial score (nSPS) is 12.3. The summed E-state index contributed by atoms with van der Waals surface area (Å²) < 4.78 is 1.76. The predicted octanol–water partition coefficient (Wildman–Crippen LogP) is 3.10. The lowest BCUT2D eigenvalue weighted by Crippen LogP contribution is -2.11. The molecule has 0 unspecified atom stereocenters. The number of benzene rings is 1. The average molecular weight is 331 g/mol. The van der Waals surface area contributed by atoms with Crippen molar-refractivity contribution in [3.63, 3.8) is 0 Å². The Morgan fingerprint density at radius 1 is 1.14 bits per heavy atom. The van der Waals surface area contributed by atoms with E-state index in [2.05, 4.69) is 10.1 Å². The summed E-state index contributed by atoms with van der Waals surface area (Å²) in [6, 6.07) is 8.59. The van der Waals surface area contributed by atoms with Crippen LogP contribution in [0.1, 0.15) is 5.56 Å². The molecule has 0 radical (unpaired) electrons. The summed E-state index contributed by atoms with van der Waals surface area (Å²) in [6.45, 7) is 0. The highest BCUT2D eigenvalue weighted by Gasteiger charge is 2.07. The molecule has 0 aliphatic rings. The summed E-state index contributed by atoms with van der Waals surface area (Å²) in [4.78, 5) is 6.12. The van der Waals surface area contributed by atoms with Crippen LogP contribution < -0.4 is 4.80 Å². The molecule has 0 saturated heterocycles. The van der Waals surface area contributed by atoms with Gasteiger partial charge in [-0.1, -0.05) is 6.07 Å². The Morgan fingerprint density at radius 2 is 2.00 bits per heavy atom. The topological polar surface area (TPSA) is 70.1 Å². The number of thiophene rings is 1.